The molecule has 3 aliphatic heterocycles. The van der Waals surface area contributed by atoms with Crippen LogP contribution in [0.2, 0.25) is 0 Å². The zero-order valence-corrected chi connectivity index (χ0v) is 13.2. The van der Waals surface area contributed by atoms with Crippen LogP contribution >= 0.6 is 0 Å². The molecule has 0 aromatic carbocycles. The van der Waals surface area contributed by atoms with Gasteiger partial charge in [0, 0.05) is 33.1 Å². The van der Waals surface area contributed by atoms with Gasteiger partial charge in [0.15, 0.2) is 0 Å². The van der Waals surface area contributed by atoms with E-state index in [9.17, 15) is 9.59 Å². The van der Waals surface area contributed by atoms with Crippen LogP contribution in [0.1, 0.15) is 32.6 Å². The lowest BCUT2D eigenvalue weighted by molar-refractivity contribution is -0.172. The van der Waals surface area contributed by atoms with Gasteiger partial charge in [-0.15, -0.1) is 0 Å². The molecule has 3 aliphatic rings. The van der Waals surface area contributed by atoms with Crippen molar-refractivity contribution in [1.82, 2.24) is 9.80 Å². The average Bonchev–Trinajstić information content (AvgIpc) is 3.01. The molecule has 0 saturated carbocycles. The molecule has 1 spiro atoms. The van der Waals surface area contributed by atoms with Gasteiger partial charge in [-0.3, -0.25) is 9.59 Å². The van der Waals surface area contributed by atoms with Crippen LogP contribution in [0.15, 0.2) is 5.16 Å². The molecule has 122 valence electrons. The molecular weight excluding hydrogens is 286 g/mol. The summed E-state index contributed by atoms with van der Waals surface area (Å²) in [7, 11) is 1.81. The summed E-state index contributed by atoms with van der Waals surface area (Å²) >= 11 is 0. The highest BCUT2D eigenvalue weighted by molar-refractivity contribution is 5.92. The molecule has 7 heteroatoms. The first-order valence-electron chi connectivity index (χ1n) is 7.91. The fourth-order valence-corrected chi connectivity index (χ4v) is 3.30. The number of carbonyl (C=O) groups is 2. The van der Waals surface area contributed by atoms with Gasteiger partial charge in [-0.2, -0.15) is 0 Å². The maximum Gasteiger partial charge on any atom is 0.266 e. The Hall–Kier alpha value is -1.63. The minimum Gasteiger partial charge on any atom is -0.382 e. The summed E-state index contributed by atoms with van der Waals surface area (Å²) in [5, 5.41) is 3.95. The Kier molecular flexibility index (Phi) is 4.08. The molecule has 2 amide bonds. The quantitative estimate of drug-likeness (QED) is 0.740. The first kappa shape index (κ1) is 15.3. The topological polar surface area (TPSA) is 71.4 Å². The second-order valence-corrected chi connectivity index (χ2v) is 6.36. The van der Waals surface area contributed by atoms with E-state index in [1.807, 2.05) is 11.8 Å². The molecule has 0 aromatic rings. The molecule has 2 saturated heterocycles. The normalized spacial score (nSPS) is 27.8. The highest BCUT2D eigenvalue weighted by Gasteiger charge is 2.43. The van der Waals surface area contributed by atoms with Crippen molar-refractivity contribution < 1.29 is 19.2 Å². The average molecular weight is 309 g/mol. The number of oxime groups is 1. The Labute approximate surface area is 130 Å². The molecule has 1 atom stereocenters. The number of hydrogen-bond donors (Lipinski definition) is 0. The van der Waals surface area contributed by atoms with Gasteiger partial charge in [-0.05, 0) is 19.3 Å². The third kappa shape index (κ3) is 2.82. The molecule has 0 aromatic heterocycles. The van der Waals surface area contributed by atoms with Crippen molar-refractivity contribution >= 4 is 17.5 Å². The van der Waals surface area contributed by atoms with E-state index in [0.29, 0.717) is 26.1 Å². The second-order valence-electron chi connectivity index (χ2n) is 6.36. The molecule has 3 heterocycles. The fraction of sp³-hybridized carbons (Fsp3) is 0.800. The zero-order chi connectivity index (χ0) is 15.7. The SMILES string of the molecule is CCC1=NOC(C(=O)N2CCC3(CC2)CN(C)C(=O)CO3)C1. The van der Waals surface area contributed by atoms with Crippen molar-refractivity contribution in [3.8, 4) is 0 Å². The summed E-state index contributed by atoms with van der Waals surface area (Å²) in [5.41, 5.74) is 0.656. The van der Waals surface area contributed by atoms with Crippen molar-refractivity contribution in [2.45, 2.75) is 44.3 Å². The van der Waals surface area contributed by atoms with E-state index in [-0.39, 0.29) is 24.0 Å². The maximum atomic E-state index is 12.5. The van der Waals surface area contributed by atoms with Gasteiger partial charge in [-0.1, -0.05) is 12.1 Å². The lowest BCUT2D eigenvalue weighted by Crippen LogP contribution is -2.59. The number of likely N-dealkylation sites (N-methyl/N-ethyl adjacent to an activating group) is 1. The van der Waals surface area contributed by atoms with Gasteiger partial charge in [0.2, 0.25) is 12.0 Å². The number of likely N-dealkylation sites (tertiary alicyclic amines) is 1. The maximum absolute atomic E-state index is 12.5. The van der Waals surface area contributed by atoms with E-state index in [0.717, 1.165) is 25.0 Å². The highest BCUT2D eigenvalue weighted by Crippen LogP contribution is 2.30. The fourth-order valence-electron chi connectivity index (χ4n) is 3.30. The Morgan fingerprint density at radius 1 is 1.41 bits per heavy atom. The van der Waals surface area contributed by atoms with Gasteiger partial charge in [0.25, 0.3) is 5.91 Å². The molecule has 0 radical (unpaired) electrons. The van der Waals surface area contributed by atoms with Crippen LogP contribution in [0.25, 0.3) is 0 Å². The summed E-state index contributed by atoms with van der Waals surface area (Å²) in [6.07, 6.45) is 2.47. The number of rotatable bonds is 2. The van der Waals surface area contributed by atoms with Crippen molar-refractivity contribution in [3.05, 3.63) is 0 Å². The molecule has 1 unspecified atom stereocenters. The number of ether oxygens (including phenoxy) is 1. The van der Waals surface area contributed by atoms with E-state index in [2.05, 4.69) is 5.16 Å². The Balaban J connectivity index is 1.54. The molecule has 7 nitrogen and oxygen atoms in total. The summed E-state index contributed by atoms with van der Waals surface area (Å²) in [6.45, 7) is 4.04. The summed E-state index contributed by atoms with van der Waals surface area (Å²) in [6, 6.07) is 0. The Morgan fingerprint density at radius 3 is 2.73 bits per heavy atom. The third-order valence-electron chi connectivity index (χ3n) is 4.85. The molecule has 0 N–H and O–H groups in total. The number of nitrogens with zero attached hydrogens (tertiary/aromatic N) is 3. The first-order valence-corrected chi connectivity index (χ1v) is 7.91. The van der Waals surface area contributed by atoms with E-state index < -0.39 is 6.10 Å². The second kappa shape index (κ2) is 5.87. The van der Waals surface area contributed by atoms with Crippen molar-refractivity contribution in [2.75, 3.05) is 33.3 Å². The summed E-state index contributed by atoms with van der Waals surface area (Å²) in [4.78, 5) is 32.8. The lowest BCUT2D eigenvalue weighted by Gasteiger charge is -2.46. The van der Waals surface area contributed by atoms with Crippen LogP contribution < -0.4 is 0 Å². The number of carbonyl (C=O) groups excluding carboxylic acids is 2. The van der Waals surface area contributed by atoms with Crippen molar-refractivity contribution in [3.63, 3.8) is 0 Å². The molecule has 22 heavy (non-hydrogen) atoms. The first-order chi connectivity index (χ1) is 10.5. The number of amides is 2. The zero-order valence-electron chi connectivity index (χ0n) is 13.2. The number of hydrogen-bond acceptors (Lipinski definition) is 5. The third-order valence-corrected chi connectivity index (χ3v) is 4.85. The minimum absolute atomic E-state index is 0.0160. The molecule has 2 fully saturated rings. The van der Waals surface area contributed by atoms with Gasteiger partial charge in [0.1, 0.15) is 6.61 Å². The molecule has 0 bridgehead atoms. The minimum atomic E-state index is -0.458. The van der Waals surface area contributed by atoms with Crippen LogP contribution in [0.4, 0.5) is 0 Å². The van der Waals surface area contributed by atoms with Crippen LogP contribution in [0.3, 0.4) is 0 Å². The lowest BCUT2D eigenvalue weighted by atomic mass is 9.89. The predicted molar refractivity (Wildman–Crippen MR) is 79.4 cm³/mol. The highest BCUT2D eigenvalue weighted by atomic mass is 16.6. The molecule has 3 rings (SSSR count). The van der Waals surface area contributed by atoms with Crippen LogP contribution in [0, 0.1) is 0 Å². The summed E-state index contributed by atoms with van der Waals surface area (Å²) in [5.74, 6) is 0.0371. The smallest absolute Gasteiger partial charge is 0.266 e. The summed E-state index contributed by atoms with van der Waals surface area (Å²) < 4.78 is 5.79. The largest absolute Gasteiger partial charge is 0.382 e. The van der Waals surface area contributed by atoms with E-state index in [4.69, 9.17) is 9.57 Å². The van der Waals surface area contributed by atoms with E-state index in [1.54, 1.807) is 11.9 Å². The van der Waals surface area contributed by atoms with Crippen molar-refractivity contribution in [1.29, 1.82) is 0 Å². The monoisotopic (exact) mass is 309 g/mol. The Bertz CT molecular complexity index is 497. The number of piperidine rings is 1. The van der Waals surface area contributed by atoms with E-state index >= 15 is 0 Å². The standard InChI is InChI=1S/C15H23N3O4/c1-3-11-8-12(22-16-11)14(20)18-6-4-15(5-7-18)10-17(2)13(19)9-21-15/h12H,3-10H2,1-2H3. The molecular formula is C15H23N3O4. The van der Waals surface area contributed by atoms with Crippen LogP contribution in [-0.2, 0) is 19.2 Å². The molecule has 0 aliphatic carbocycles. The van der Waals surface area contributed by atoms with Crippen LogP contribution in [0.5, 0.6) is 0 Å². The number of morpholine rings is 1. The van der Waals surface area contributed by atoms with Gasteiger partial charge >= 0.3 is 0 Å². The van der Waals surface area contributed by atoms with Crippen molar-refractivity contribution in [2.24, 2.45) is 5.16 Å². The van der Waals surface area contributed by atoms with E-state index in [1.165, 1.54) is 0 Å². The van der Waals surface area contributed by atoms with Crippen LogP contribution in [-0.4, -0.2) is 72.3 Å². The van der Waals surface area contributed by atoms with Gasteiger partial charge < -0.3 is 19.4 Å². The van der Waals surface area contributed by atoms with Gasteiger partial charge in [0.05, 0.1) is 11.3 Å². The van der Waals surface area contributed by atoms with Gasteiger partial charge in [-0.25, -0.2) is 0 Å². The Morgan fingerprint density at radius 2 is 2.14 bits per heavy atom. The predicted octanol–water partition coefficient (Wildman–Crippen LogP) is 0.391.